The number of hydrogen-bond donors (Lipinski definition) is 2. The largest absolute Gasteiger partial charge is 0.372 e. The van der Waals surface area contributed by atoms with Crippen LogP contribution >= 0.6 is 0 Å². The van der Waals surface area contributed by atoms with Crippen LogP contribution in [0.5, 0.6) is 0 Å². The van der Waals surface area contributed by atoms with Crippen LogP contribution in [0.15, 0.2) is 36.5 Å². The first kappa shape index (κ1) is 16.1. The molecule has 0 unspecified atom stereocenters. The summed E-state index contributed by atoms with van der Waals surface area (Å²) in [6.07, 6.45) is 2.83. The molecule has 1 aromatic heterocycles. The van der Waals surface area contributed by atoms with Gasteiger partial charge in [0.15, 0.2) is 0 Å². The van der Waals surface area contributed by atoms with Gasteiger partial charge in [0, 0.05) is 37.2 Å². The van der Waals surface area contributed by atoms with Crippen molar-refractivity contribution in [1.29, 1.82) is 0 Å². The average Bonchev–Trinajstić information content (AvgIpc) is 2.56. The second-order valence-corrected chi connectivity index (χ2v) is 5.04. The maximum atomic E-state index is 4.45. The molecule has 2 rings (SSSR count). The summed E-state index contributed by atoms with van der Waals surface area (Å²) >= 11 is 0. The second-order valence-electron chi connectivity index (χ2n) is 5.04. The first-order valence-corrected chi connectivity index (χ1v) is 7.95. The van der Waals surface area contributed by atoms with Crippen molar-refractivity contribution < 1.29 is 0 Å². The molecule has 0 atom stereocenters. The lowest BCUT2D eigenvalue weighted by Crippen LogP contribution is -2.21. The Morgan fingerprint density at radius 1 is 1.00 bits per heavy atom. The number of benzene rings is 1. The Kier molecular flexibility index (Phi) is 6.01. The molecule has 5 nitrogen and oxygen atoms in total. The van der Waals surface area contributed by atoms with E-state index in [4.69, 9.17) is 0 Å². The van der Waals surface area contributed by atoms with E-state index in [-0.39, 0.29) is 0 Å². The molecule has 0 spiro atoms. The van der Waals surface area contributed by atoms with Gasteiger partial charge in [0.25, 0.3) is 0 Å². The normalized spacial score (nSPS) is 10.3. The molecule has 22 heavy (non-hydrogen) atoms. The Balaban J connectivity index is 2.04. The van der Waals surface area contributed by atoms with Gasteiger partial charge in [-0.3, -0.25) is 0 Å². The number of hydrogen-bond acceptors (Lipinski definition) is 5. The minimum Gasteiger partial charge on any atom is -0.372 e. The van der Waals surface area contributed by atoms with Gasteiger partial charge >= 0.3 is 0 Å². The summed E-state index contributed by atoms with van der Waals surface area (Å²) in [7, 11) is 0. The standard InChI is InChI=1S/C17H25N5/c1-4-12-18-16-11-13-19-17(21-16)20-14-7-9-15(10-8-14)22(5-2)6-3/h7-11,13H,4-6,12H2,1-3H3,(H2,18,19,20,21). The van der Waals surface area contributed by atoms with Crippen LogP contribution in [0.2, 0.25) is 0 Å². The molecule has 0 aliphatic rings. The average molecular weight is 299 g/mol. The van der Waals surface area contributed by atoms with E-state index in [1.165, 1.54) is 5.69 Å². The molecule has 2 aromatic rings. The van der Waals surface area contributed by atoms with Crippen LogP contribution in [0.25, 0.3) is 0 Å². The highest BCUT2D eigenvalue weighted by molar-refractivity contribution is 5.59. The topological polar surface area (TPSA) is 53.1 Å². The Labute approximate surface area is 132 Å². The van der Waals surface area contributed by atoms with E-state index in [1.54, 1.807) is 6.20 Å². The summed E-state index contributed by atoms with van der Waals surface area (Å²) in [6, 6.07) is 10.2. The van der Waals surface area contributed by atoms with Crippen molar-refractivity contribution >= 4 is 23.1 Å². The van der Waals surface area contributed by atoms with E-state index in [0.717, 1.165) is 37.6 Å². The third-order valence-electron chi connectivity index (χ3n) is 3.46. The molecule has 1 aromatic carbocycles. The zero-order valence-corrected chi connectivity index (χ0v) is 13.6. The molecule has 0 fully saturated rings. The predicted octanol–water partition coefficient (Wildman–Crippen LogP) is 3.89. The molecule has 0 amide bonds. The van der Waals surface area contributed by atoms with E-state index in [1.807, 2.05) is 6.07 Å². The maximum Gasteiger partial charge on any atom is 0.229 e. The van der Waals surface area contributed by atoms with Gasteiger partial charge in [-0.05, 0) is 50.6 Å². The van der Waals surface area contributed by atoms with Gasteiger partial charge in [0.2, 0.25) is 5.95 Å². The molecule has 0 aliphatic heterocycles. The highest BCUT2D eigenvalue weighted by Gasteiger charge is 2.03. The molecule has 5 heteroatoms. The van der Waals surface area contributed by atoms with E-state index in [9.17, 15) is 0 Å². The lowest BCUT2D eigenvalue weighted by molar-refractivity contribution is 0.866. The van der Waals surface area contributed by atoms with Crippen LogP contribution in [-0.4, -0.2) is 29.6 Å². The maximum absolute atomic E-state index is 4.45. The van der Waals surface area contributed by atoms with Crippen LogP contribution in [0.4, 0.5) is 23.1 Å². The summed E-state index contributed by atoms with van der Waals surface area (Å²) in [6.45, 7) is 9.39. The molecule has 0 saturated carbocycles. The fraction of sp³-hybridized carbons (Fsp3) is 0.412. The molecule has 0 bridgehead atoms. The number of nitrogens with one attached hydrogen (secondary N) is 2. The zero-order chi connectivity index (χ0) is 15.8. The van der Waals surface area contributed by atoms with Crippen LogP contribution in [0.3, 0.4) is 0 Å². The highest BCUT2D eigenvalue weighted by Crippen LogP contribution is 2.20. The molecule has 1 heterocycles. The van der Waals surface area contributed by atoms with Crippen molar-refractivity contribution in [3.63, 3.8) is 0 Å². The summed E-state index contributed by atoms with van der Waals surface area (Å²) in [5, 5.41) is 6.50. The lowest BCUT2D eigenvalue weighted by atomic mass is 10.2. The second kappa shape index (κ2) is 8.22. The zero-order valence-electron chi connectivity index (χ0n) is 13.6. The van der Waals surface area contributed by atoms with Gasteiger partial charge in [0.1, 0.15) is 5.82 Å². The van der Waals surface area contributed by atoms with Crippen molar-refractivity contribution in [2.75, 3.05) is 35.2 Å². The third-order valence-corrected chi connectivity index (χ3v) is 3.46. The van der Waals surface area contributed by atoms with Crippen LogP contribution in [0.1, 0.15) is 27.2 Å². The minimum absolute atomic E-state index is 0.608. The molecule has 0 saturated heterocycles. The Bertz CT molecular complexity index is 564. The molecule has 0 aliphatic carbocycles. The summed E-state index contributed by atoms with van der Waals surface area (Å²) < 4.78 is 0. The molecular formula is C17H25N5. The van der Waals surface area contributed by atoms with Gasteiger partial charge in [0.05, 0.1) is 0 Å². The van der Waals surface area contributed by atoms with E-state index in [0.29, 0.717) is 5.95 Å². The van der Waals surface area contributed by atoms with E-state index < -0.39 is 0 Å². The van der Waals surface area contributed by atoms with Crippen molar-refractivity contribution in [3.8, 4) is 0 Å². The quantitative estimate of drug-likeness (QED) is 0.774. The number of anilines is 4. The van der Waals surface area contributed by atoms with Gasteiger partial charge in [-0.15, -0.1) is 0 Å². The lowest BCUT2D eigenvalue weighted by Gasteiger charge is -2.21. The molecule has 118 valence electrons. The van der Waals surface area contributed by atoms with Gasteiger partial charge in [-0.1, -0.05) is 6.92 Å². The first-order chi connectivity index (χ1) is 10.8. The summed E-state index contributed by atoms with van der Waals surface area (Å²) in [4.78, 5) is 11.0. The number of aromatic nitrogens is 2. The van der Waals surface area contributed by atoms with Crippen molar-refractivity contribution in [2.45, 2.75) is 27.2 Å². The summed E-state index contributed by atoms with van der Waals surface area (Å²) in [5.41, 5.74) is 2.22. The van der Waals surface area contributed by atoms with Crippen molar-refractivity contribution in [2.24, 2.45) is 0 Å². The number of nitrogens with zero attached hydrogens (tertiary/aromatic N) is 3. The van der Waals surface area contributed by atoms with Crippen molar-refractivity contribution in [3.05, 3.63) is 36.5 Å². The summed E-state index contributed by atoms with van der Waals surface area (Å²) in [5.74, 6) is 1.45. The van der Waals surface area contributed by atoms with Crippen LogP contribution in [-0.2, 0) is 0 Å². The van der Waals surface area contributed by atoms with E-state index in [2.05, 4.69) is 70.5 Å². The Morgan fingerprint density at radius 2 is 1.73 bits per heavy atom. The first-order valence-electron chi connectivity index (χ1n) is 7.95. The van der Waals surface area contributed by atoms with Gasteiger partial charge < -0.3 is 15.5 Å². The van der Waals surface area contributed by atoms with Crippen molar-refractivity contribution in [1.82, 2.24) is 9.97 Å². The smallest absolute Gasteiger partial charge is 0.229 e. The Morgan fingerprint density at radius 3 is 2.36 bits per heavy atom. The SMILES string of the molecule is CCCNc1ccnc(Nc2ccc(N(CC)CC)cc2)n1. The van der Waals surface area contributed by atoms with Crippen LogP contribution in [0, 0.1) is 0 Å². The van der Waals surface area contributed by atoms with Gasteiger partial charge in [-0.2, -0.15) is 4.98 Å². The predicted molar refractivity (Wildman–Crippen MR) is 94.1 cm³/mol. The Hall–Kier alpha value is -2.30. The number of rotatable bonds is 8. The molecule has 0 radical (unpaired) electrons. The fourth-order valence-corrected chi connectivity index (χ4v) is 2.24. The molecular weight excluding hydrogens is 274 g/mol. The van der Waals surface area contributed by atoms with E-state index >= 15 is 0 Å². The minimum atomic E-state index is 0.608. The monoisotopic (exact) mass is 299 g/mol. The highest BCUT2D eigenvalue weighted by atomic mass is 15.1. The van der Waals surface area contributed by atoms with Crippen LogP contribution < -0.4 is 15.5 Å². The fourth-order valence-electron chi connectivity index (χ4n) is 2.24. The third kappa shape index (κ3) is 4.35. The molecule has 2 N–H and O–H groups in total. The van der Waals surface area contributed by atoms with Gasteiger partial charge in [-0.25, -0.2) is 4.98 Å².